The zero-order valence-corrected chi connectivity index (χ0v) is 15.6. The second-order valence-corrected chi connectivity index (χ2v) is 8.24. The Hall–Kier alpha value is -0.810. The molecule has 0 aromatic heterocycles. The first-order valence-corrected chi connectivity index (χ1v) is 9.24. The van der Waals surface area contributed by atoms with Gasteiger partial charge in [0.1, 0.15) is 5.60 Å². The lowest BCUT2D eigenvalue weighted by Crippen LogP contribution is -2.57. The van der Waals surface area contributed by atoms with Crippen molar-refractivity contribution in [3.05, 3.63) is 0 Å². The van der Waals surface area contributed by atoms with Gasteiger partial charge in [0.2, 0.25) is 0 Å². The number of carbonyl (C=O) groups excluding carboxylic acids is 1. The number of hydrogen-bond acceptors (Lipinski definition) is 4. The molecule has 1 amide bonds. The van der Waals surface area contributed by atoms with Crippen LogP contribution in [0.1, 0.15) is 60.3 Å². The van der Waals surface area contributed by atoms with E-state index in [1.165, 1.54) is 32.5 Å². The van der Waals surface area contributed by atoms with E-state index in [1.54, 1.807) is 0 Å². The van der Waals surface area contributed by atoms with Crippen molar-refractivity contribution in [2.45, 2.75) is 77.5 Å². The average molecular weight is 325 g/mol. The first-order chi connectivity index (χ1) is 10.8. The van der Waals surface area contributed by atoms with Crippen LogP contribution in [0.5, 0.6) is 0 Å². The summed E-state index contributed by atoms with van der Waals surface area (Å²) < 4.78 is 5.45. The number of carbonyl (C=O) groups is 1. The monoisotopic (exact) mass is 325 g/mol. The van der Waals surface area contributed by atoms with Crippen LogP contribution in [0.4, 0.5) is 4.79 Å². The molecule has 3 unspecified atom stereocenters. The Bertz CT molecular complexity index is 402. The highest BCUT2D eigenvalue weighted by atomic mass is 16.6. The molecule has 134 valence electrons. The number of amides is 1. The van der Waals surface area contributed by atoms with Crippen molar-refractivity contribution in [3.8, 4) is 0 Å². The van der Waals surface area contributed by atoms with E-state index >= 15 is 0 Å². The summed E-state index contributed by atoms with van der Waals surface area (Å²) in [6.45, 7) is 14.5. The molecule has 2 rings (SSSR count). The zero-order valence-electron chi connectivity index (χ0n) is 15.6. The van der Waals surface area contributed by atoms with E-state index in [9.17, 15) is 4.79 Å². The normalized spacial score (nSPS) is 27.8. The van der Waals surface area contributed by atoms with Gasteiger partial charge in [-0.2, -0.15) is 0 Å². The van der Waals surface area contributed by atoms with Gasteiger partial charge in [0.25, 0.3) is 0 Å². The molecule has 2 aliphatic heterocycles. The fourth-order valence-corrected chi connectivity index (χ4v) is 3.79. The fourth-order valence-electron chi connectivity index (χ4n) is 3.79. The van der Waals surface area contributed by atoms with Gasteiger partial charge in [0.05, 0.1) is 5.54 Å². The summed E-state index contributed by atoms with van der Waals surface area (Å²) in [4.78, 5) is 14.8. The van der Waals surface area contributed by atoms with Gasteiger partial charge in [-0.25, -0.2) is 4.79 Å². The van der Waals surface area contributed by atoms with Crippen LogP contribution in [-0.4, -0.2) is 54.4 Å². The summed E-state index contributed by atoms with van der Waals surface area (Å²) in [5.74, 6) is 0.775. The molecule has 23 heavy (non-hydrogen) atoms. The molecule has 0 spiro atoms. The van der Waals surface area contributed by atoms with Gasteiger partial charge in [0.15, 0.2) is 0 Å². The number of rotatable bonds is 6. The van der Waals surface area contributed by atoms with Gasteiger partial charge in [-0.1, -0.05) is 13.8 Å². The Labute approximate surface area is 141 Å². The zero-order chi connectivity index (χ0) is 17.1. The van der Waals surface area contributed by atoms with Gasteiger partial charge in [-0.3, -0.25) is 0 Å². The molecule has 0 aromatic carbocycles. The summed E-state index contributed by atoms with van der Waals surface area (Å²) in [5.41, 5.74) is -0.681. The van der Waals surface area contributed by atoms with Crippen LogP contribution < -0.4 is 10.6 Å². The van der Waals surface area contributed by atoms with E-state index in [4.69, 9.17) is 4.74 Å². The van der Waals surface area contributed by atoms with Crippen molar-refractivity contribution >= 4 is 6.09 Å². The Morgan fingerprint density at radius 3 is 2.43 bits per heavy atom. The molecule has 0 radical (unpaired) electrons. The number of fused-ring (bicyclic) bond motifs is 2. The van der Waals surface area contributed by atoms with Crippen LogP contribution in [0, 0.1) is 5.92 Å². The second-order valence-electron chi connectivity index (χ2n) is 8.24. The smallest absolute Gasteiger partial charge is 0.408 e. The average Bonchev–Trinajstić information content (AvgIpc) is 2.85. The maximum atomic E-state index is 12.2. The van der Waals surface area contributed by atoms with E-state index in [0.717, 1.165) is 25.3 Å². The first kappa shape index (κ1) is 18.5. The van der Waals surface area contributed by atoms with E-state index in [2.05, 4.69) is 29.4 Å². The van der Waals surface area contributed by atoms with Crippen molar-refractivity contribution in [1.29, 1.82) is 0 Å². The van der Waals surface area contributed by atoms with Crippen LogP contribution in [-0.2, 0) is 4.74 Å². The maximum absolute atomic E-state index is 12.2. The van der Waals surface area contributed by atoms with Gasteiger partial charge in [-0.15, -0.1) is 0 Å². The lowest BCUT2D eigenvalue weighted by atomic mass is 9.89. The van der Waals surface area contributed by atoms with E-state index in [1.807, 2.05) is 20.8 Å². The van der Waals surface area contributed by atoms with E-state index in [-0.39, 0.29) is 11.6 Å². The van der Waals surface area contributed by atoms with Crippen molar-refractivity contribution in [2.24, 2.45) is 5.92 Å². The minimum atomic E-state index is -0.457. The van der Waals surface area contributed by atoms with Gasteiger partial charge >= 0.3 is 6.09 Å². The minimum absolute atomic E-state index is 0.224. The SMILES string of the molecule is CCC(CC)(CNC1CCN2CCC1C2)NC(=O)OC(C)(C)C. The third-order valence-corrected chi connectivity index (χ3v) is 5.46. The molecular weight excluding hydrogens is 290 g/mol. The molecule has 2 heterocycles. The minimum Gasteiger partial charge on any atom is -0.444 e. The summed E-state index contributed by atoms with van der Waals surface area (Å²) in [5, 5.41) is 6.90. The number of nitrogens with one attached hydrogen (secondary N) is 2. The molecule has 2 saturated heterocycles. The van der Waals surface area contributed by atoms with Crippen LogP contribution in [0.15, 0.2) is 0 Å². The van der Waals surface area contributed by atoms with Crippen LogP contribution in [0.3, 0.4) is 0 Å². The number of piperidine rings is 1. The van der Waals surface area contributed by atoms with Gasteiger partial charge < -0.3 is 20.3 Å². The summed E-state index contributed by atoms with van der Waals surface area (Å²) >= 11 is 0. The molecule has 2 fully saturated rings. The predicted molar refractivity (Wildman–Crippen MR) is 93.6 cm³/mol. The van der Waals surface area contributed by atoms with Crippen molar-refractivity contribution < 1.29 is 9.53 Å². The van der Waals surface area contributed by atoms with Crippen LogP contribution in [0.2, 0.25) is 0 Å². The van der Waals surface area contributed by atoms with Gasteiger partial charge in [0, 0.05) is 19.1 Å². The van der Waals surface area contributed by atoms with Crippen LogP contribution in [0.25, 0.3) is 0 Å². The standard InChI is InChI=1S/C18H35N3O2/c1-6-18(7-2,20-16(22)23-17(3,4)5)13-19-15-9-11-21-10-8-14(15)12-21/h14-15,19H,6-13H2,1-5H3,(H,20,22). The molecule has 0 saturated carbocycles. The molecule has 2 bridgehead atoms. The lowest BCUT2D eigenvalue weighted by Gasteiger charge is -2.38. The molecule has 5 heteroatoms. The van der Waals surface area contributed by atoms with Crippen LogP contribution >= 0.6 is 0 Å². The predicted octanol–water partition coefficient (Wildman–Crippen LogP) is 2.75. The van der Waals surface area contributed by atoms with E-state index in [0.29, 0.717) is 6.04 Å². The number of hydrogen-bond donors (Lipinski definition) is 2. The highest BCUT2D eigenvalue weighted by Crippen LogP contribution is 2.27. The first-order valence-electron chi connectivity index (χ1n) is 9.24. The molecule has 2 aliphatic rings. The van der Waals surface area contributed by atoms with Crippen molar-refractivity contribution in [3.63, 3.8) is 0 Å². The number of ether oxygens (including phenoxy) is 1. The Morgan fingerprint density at radius 1 is 1.17 bits per heavy atom. The topological polar surface area (TPSA) is 53.6 Å². The summed E-state index contributed by atoms with van der Waals surface area (Å²) in [7, 11) is 0. The molecule has 2 N–H and O–H groups in total. The fraction of sp³-hybridized carbons (Fsp3) is 0.944. The number of nitrogens with zero attached hydrogens (tertiary/aromatic N) is 1. The third kappa shape index (κ3) is 5.08. The Kier molecular flexibility index (Phi) is 5.95. The Balaban J connectivity index is 1.90. The molecule has 3 atom stereocenters. The third-order valence-electron chi connectivity index (χ3n) is 5.46. The second kappa shape index (κ2) is 7.39. The summed E-state index contributed by atoms with van der Waals surface area (Å²) in [6, 6.07) is 0.590. The van der Waals surface area contributed by atoms with Crippen molar-refractivity contribution in [2.75, 3.05) is 26.2 Å². The molecular formula is C18H35N3O2. The molecule has 0 aromatic rings. The van der Waals surface area contributed by atoms with Crippen molar-refractivity contribution in [1.82, 2.24) is 15.5 Å². The quantitative estimate of drug-likeness (QED) is 0.788. The maximum Gasteiger partial charge on any atom is 0.408 e. The molecule has 5 nitrogen and oxygen atoms in total. The highest BCUT2D eigenvalue weighted by Gasteiger charge is 2.36. The highest BCUT2D eigenvalue weighted by molar-refractivity contribution is 5.68. The number of alkyl carbamates (subject to hydrolysis) is 1. The Morgan fingerprint density at radius 2 is 1.83 bits per heavy atom. The van der Waals surface area contributed by atoms with E-state index < -0.39 is 5.60 Å². The lowest BCUT2D eigenvalue weighted by molar-refractivity contribution is 0.0441. The molecule has 0 aliphatic carbocycles. The summed E-state index contributed by atoms with van der Waals surface area (Å²) in [6.07, 6.45) is 4.03. The largest absolute Gasteiger partial charge is 0.444 e. The van der Waals surface area contributed by atoms with Gasteiger partial charge in [-0.05, 0) is 65.5 Å².